The van der Waals surface area contributed by atoms with Crippen LogP contribution in [-0.4, -0.2) is 31.3 Å². The van der Waals surface area contributed by atoms with Crippen molar-refractivity contribution >= 4 is 39.9 Å². The first-order valence-corrected chi connectivity index (χ1v) is 8.81. The number of ketones is 1. The van der Waals surface area contributed by atoms with Crippen LogP contribution in [0.15, 0.2) is 23.4 Å². The number of hydrogen-bond acceptors (Lipinski definition) is 7. The van der Waals surface area contributed by atoms with Crippen molar-refractivity contribution in [1.29, 1.82) is 0 Å². The number of nitrogens with two attached hydrogens (primary N) is 1. The molecule has 0 atom stereocenters. The van der Waals surface area contributed by atoms with Gasteiger partial charge in [-0.25, -0.2) is 9.97 Å². The predicted molar refractivity (Wildman–Crippen MR) is 88.6 cm³/mol. The first-order chi connectivity index (χ1) is 11.8. The van der Waals surface area contributed by atoms with Gasteiger partial charge in [0.25, 0.3) is 0 Å². The fraction of sp³-hybridized carbons (Fsp3) is 0.286. The number of thioether (sulfide) groups is 1. The number of carbonyl (C=O) groups is 1. The van der Waals surface area contributed by atoms with Gasteiger partial charge in [0.15, 0.2) is 11.4 Å². The Morgan fingerprint density at radius 3 is 2.76 bits per heavy atom. The van der Waals surface area contributed by atoms with Crippen molar-refractivity contribution in [3.63, 3.8) is 0 Å². The van der Waals surface area contributed by atoms with E-state index in [-0.39, 0.29) is 22.2 Å². The lowest BCUT2D eigenvalue weighted by Gasteiger charge is -2.07. The van der Waals surface area contributed by atoms with E-state index in [9.17, 15) is 18.0 Å². The molecule has 0 radical (unpaired) electrons. The molecule has 0 saturated carbocycles. The van der Waals surface area contributed by atoms with Gasteiger partial charge in [-0.05, 0) is 12.1 Å². The van der Waals surface area contributed by atoms with Crippen LogP contribution in [0, 0.1) is 0 Å². The predicted octanol–water partition coefficient (Wildman–Crippen LogP) is 2.88. The Labute approximate surface area is 148 Å². The maximum absolute atomic E-state index is 13.0. The topological polar surface area (TPSA) is 86.7 Å². The fourth-order valence-electron chi connectivity index (χ4n) is 2.07. The molecule has 0 unspecified atom stereocenters. The second-order valence-corrected chi connectivity index (χ2v) is 7.20. The maximum Gasteiger partial charge on any atom is 0.451 e. The highest BCUT2D eigenvalue weighted by molar-refractivity contribution is 8.00. The summed E-state index contributed by atoms with van der Waals surface area (Å²) in [6.45, 7) is 0.336. The number of aromatic nitrogens is 4. The number of carbonyl (C=O) groups excluding carboxylic acids is 1. The molecule has 0 amide bonds. The molecule has 3 aromatic rings. The van der Waals surface area contributed by atoms with Gasteiger partial charge >= 0.3 is 6.18 Å². The average Bonchev–Trinajstić information content (AvgIpc) is 3.16. The molecule has 132 valence electrons. The second-order valence-electron chi connectivity index (χ2n) is 5.07. The lowest BCUT2D eigenvalue weighted by Crippen LogP contribution is -2.12. The third kappa shape index (κ3) is 3.83. The monoisotopic (exact) mass is 387 g/mol. The maximum atomic E-state index is 13.0. The molecule has 0 aliphatic carbocycles. The minimum atomic E-state index is -4.69. The van der Waals surface area contributed by atoms with Gasteiger partial charge in [0.05, 0.1) is 16.0 Å². The molecule has 25 heavy (non-hydrogen) atoms. The lowest BCUT2D eigenvalue weighted by atomic mass is 10.3. The third-order valence-corrected chi connectivity index (χ3v) is 5.33. The molecule has 0 spiro atoms. The van der Waals surface area contributed by atoms with Crippen molar-refractivity contribution in [1.82, 2.24) is 19.7 Å². The number of hydrogen-bond donors (Lipinski definition) is 1. The van der Waals surface area contributed by atoms with Gasteiger partial charge in [-0.15, -0.1) is 11.3 Å². The number of alkyl halides is 3. The van der Waals surface area contributed by atoms with Crippen LogP contribution in [0.4, 0.5) is 13.2 Å². The van der Waals surface area contributed by atoms with Crippen molar-refractivity contribution < 1.29 is 18.0 Å². The molecule has 0 aliphatic rings. The number of thiophene rings is 1. The summed E-state index contributed by atoms with van der Waals surface area (Å²) in [7, 11) is 1.58. The molecule has 0 aromatic carbocycles. The van der Waals surface area contributed by atoms with Crippen molar-refractivity contribution in [2.75, 3.05) is 5.75 Å². The Morgan fingerprint density at radius 1 is 1.36 bits per heavy atom. The highest BCUT2D eigenvalue weighted by Crippen LogP contribution is 2.32. The first-order valence-electron chi connectivity index (χ1n) is 7.01. The van der Waals surface area contributed by atoms with Gasteiger partial charge < -0.3 is 5.73 Å². The van der Waals surface area contributed by atoms with Gasteiger partial charge in [-0.3, -0.25) is 9.48 Å². The van der Waals surface area contributed by atoms with Crippen molar-refractivity contribution in [3.8, 4) is 0 Å². The lowest BCUT2D eigenvalue weighted by molar-refractivity contribution is -0.145. The smallest absolute Gasteiger partial charge is 0.326 e. The number of nitrogens with zero attached hydrogens (tertiary/aromatic N) is 4. The van der Waals surface area contributed by atoms with E-state index in [1.807, 2.05) is 0 Å². The van der Waals surface area contributed by atoms with Crippen LogP contribution in [-0.2, 0) is 19.8 Å². The van der Waals surface area contributed by atoms with E-state index < -0.39 is 12.0 Å². The Kier molecular flexibility index (Phi) is 4.80. The third-order valence-electron chi connectivity index (χ3n) is 3.19. The minimum Gasteiger partial charge on any atom is -0.326 e. The summed E-state index contributed by atoms with van der Waals surface area (Å²) in [5.74, 6) is -1.50. The molecule has 2 N–H and O–H groups in total. The van der Waals surface area contributed by atoms with Gasteiger partial charge in [0, 0.05) is 24.7 Å². The number of rotatable bonds is 5. The van der Waals surface area contributed by atoms with Crippen LogP contribution in [0.2, 0.25) is 0 Å². The average molecular weight is 387 g/mol. The summed E-state index contributed by atoms with van der Waals surface area (Å²) in [6, 6.07) is 3.42. The van der Waals surface area contributed by atoms with Crippen molar-refractivity contribution in [2.45, 2.75) is 17.7 Å². The SMILES string of the molecule is Cn1cc2c(SCC(=O)c3ccc(CN)s3)nc(C(F)(F)F)nc2n1. The van der Waals surface area contributed by atoms with Crippen LogP contribution in [0.3, 0.4) is 0 Å². The highest BCUT2D eigenvalue weighted by atomic mass is 32.2. The number of fused-ring (bicyclic) bond motifs is 1. The second kappa shape index (κ2) is 6.73. The number of aryl methyl sites for hydroxylation is 1. The summed E-state index contributed by atoms with van der Waals surface area (Å²) in [6.07, 6.45) is -3.16. The molecule has 0 aliphatic heterocycles. The van der Waals surface area contributed by atoms with Crippen LogP contribution in [0.25, 0.3) is 11.0 Å². The molecule has 3 heterocycles. The van der Waals surface area contributed by atoms with Gasteiger partial charge in [0.1, 0.15) is 5.03 Å². The van der Waals surface area contributed by atoms with E-state index in [0.29, 0.717) is 16.8 Å². The Balaban J connectivity index is 1.88. The van der Waals surface area contributed by atoms with E-state index >= 15 is 0 Å². The quantitative estimate of drug-likeness (QED) is 0.412. The van der Waals surface area contributed by atoms with Crippen LogP contribution >= 0.6 is 23.1 Å². The zero-order valence-corrected chi connectivity index (χ0v) is 14.5. The van der Waals surface area contributed by atoms with Crippen molar-refractivity contribution in [2.24, 2.45) is 12.8 Å². The Hall–Kier alpha value is -1.98. The van der Waals surface area contributed by atoms with E-state index in [1.54, 1.807) is 19.2 Å². The highest BCUT2D eigenvalue weighted by Gasteiger charge is 2.36. The summed E-state index contributed by atoms with van der Waals surface area (Å²) in [5.41, 5.74) is 5.46. The zero-order chi connectivity index (χ0) is 18.2. The van der Waals surface area contributed by atoms with Gasteiger partial charge in [-0.2, -0.15) is 18.3 Å². The van der Waals surface area contributed by atoms with E-state index in [2.05, 4.69) is 15.1 Å². The summed E-state index contributed by atoms with van der Waals surface area (Å²) >= 11 is 2.21. The van der Waals surface area contributed by atoms with Gasteiger partial charge in [-0.1, -0.05) is 11.8 Å². The molecular formula is C14H12F3N5OS2. The molecule has 0 saturated heterocycles. The van der Waals surface area contributed by atoms with Crippen LogP contribution in [0.1, 0.15) is 20.4 Å². The van der Waals surface area contributed by atoms with Crippen LogP contribution in [0.5, 0.6) is 0 Å². The minimum absolute atomic E-state index is 0.0389. The molecular weight excluding hydrogens is 375 g/mol. The van der Waals surface area contributed by atoms with Crippen LogP contribution < -0.4 is 5.73 Å². The van der Waals surface area contributed by atoms with E-state index in [4.69, 9.17) is 5.73 Å². The fourth-order valence-corrected chi connectivity index (χ4v) is 3.86. The van der Waals surface area contributed by atoms with Gasteiger partial charge in [0.2, 0.25) is 5.82 Å². The number of halogens is 3. The molecule has 11 heteroatoms. The molecule has 3 aromatic heterocycles. The first kappa shape index (κ1) is 17.8. The normalized spacial score (nSPS) is 12.0. The Morgan fingerprint density at radius 2 is 2.12 bits per heavy atom. The molecule has 0 bridgehead atoms. The Bertz CT molecular complexity index is 934. The largest absolute Gasteiger partial charge is 0.451 e. The summed E-state index contributed by atoms with van der Waals surface area (Å²) < 4.78 is 40.2. The standard InChI is InChI=1S/C14H12F3N5OS2/c1-22-5-8-11(21-22)19-13(14(15,16)17)20-12(8)24-6-9(23)10-3-2-7(4-18)25-10/h2-3,5H,4,6,18H2,1H3. The number of Topliss-reactive ketones (excluding diaryl/α,β-unsaturated/α-hetero) is 1. The summed E-state index contributed by atoms with van der Waals surface area (Å²) in [4.78, 5) is 20.6. The molecule has 6 nitrogen and oxygen atoms in total. The van der Waals surface area contributed by atoms with Crippen molar-refractivity contribution in [3.05, 3.63) is 33.9 Å². The van der Waals surface area contributed by atoms with E-state index in [1.165, 1.54) is 22.2 Å². The molecule has 3 rings (SSSR count). The molecule has 0 fully saturated rings. The van der Waals surface area contributed by atoms with E-state index in [0.717, 1.165) is 16.6 Å². The summed E-state index contributed by atoms with van der Waals surface area (Å²) in [5, 5.41) is 4.36. The zero-order valence-electron chi connectivity index (χ0n) is 12.9.